The smallest absolute Gasteiger partial charge is 0.272 e. The highest BCUT2D eigenvalue weighted by molar-refractivity contribution is 7.75. The average molecular weight is 126 g/mol. The summed E-state index contributed by atoms with van der Waals surface area (Å²) in [6.07, 6.45) is 0. The van der Waals surface area contributed by atoms with Crippen molar-refractivity contribution in [3.63, 3.8) is 0 Å². The average Bonchev–Trinajstić information content (AvgIpc) is 1.65. The molecule has 3 nitrogen and oxygen atoms in total. The molecule has 0 amide bonds. The van der Waals surface area contributed by atoms with Crippen LogP contribution in [-0.2, 0) is 19.7 Å². The van der Waals surface area contributed by atoms with E-state index in [-0.39, 0.29) is 7.43 Å². The van der Waals surface area contributed by atoms with Gasteiger partial charge in [0, 0.05) is 0 Å². The minimum absolute atomic E-state index is 0. The van der Waals surface area contributed by atoms with E-state index in [2.05, 4.69) is 8.37 Å². The molecule has 0 aromatic heterocycles. The van der Waals surface area contributed by atoms with Gasteiger partial charge in [-0.15, -0.1) is 0 Å². The quantitative estimate of drug-likeness (QED) is 0.540. The third-order valence-corrected chi connectivity index (χ3v) is 0.816. The van der Waals surface area contributed by atoms with E-state index in [0.717, 1.165) is 0 Å². The van der Waals surface area contributed by atoms with Crippen molar-refractivity contribution in [3.05, 3.63) is 0 Å². The Bertz CT molecular complexity index is 48.1. The Morgan fingerprint density at radius 1 is 1.29 bits per heavy atom. The maximum atomic E-state index is 9.85. The van der Waals surface area contributed by atoms with Crippen molar-refractivity contribution < 1.29 is 12.6 Å². The molecule has 0 aliphatic rings. The predicted octanol–water partition coefficient (Wildman–Crippen LogP) is 0.494. The van der Waals surface area contributed by atoms with Gasteiger partial charge in [0.25, 0.3) is 0 Å². The SMILES string of the molecule is C.COS(=O)OC. The van der Waals surface area contributed by atoms with Crippen LogP contribution in [0.4, 0.5) is 0 Å². The van der Waals surface area contributed by atoms with E-state index in [4.69, 9.17) is 0 Å². The van der Waals surface area contributed by atoms with E-state index in [0.29, 0.717) is 0 Å². The summed E-state index contributed by atoms with van der Waals surface area (Å²) in [6.45, 7) is 0. The number of rotatable bonds is 2. The molecule has 0 aromatic carbocycles. The van der Waals surface area contributed by atoms with Crippen LogP contribution in [0, 0.1) is 0 Å². The van der Waals surface area contributed by atoms with E-state index in [9.17, 15) is 4.21 Å². The largest absolute Gasteiger partial charge is 0.304 e. The van der Waals surface area contributed by atoms with Crippen molar-refractivity contribution in [2.24, 2.45) is 0 Å². The highest BCUT2D eigenvalue weighted by atomic mass is 32.2. The topological polar surface area (TPSA) is 35.5 Å². The van der Waals surface area contributed by atoms with Gasteiger partial charge in [0.05, 0.1) is 14.2 Å². The molecule has 7 heavy (non-hydrogen) atoms. The van der Waals surface area contributed by atoms with Gasteiger partial charge in [-0.05, 0) is 0 Å². The molecule has 0 saturated heterocycles. The van der Waals surface area contributed by atoms with Gasteiger partial charge >= 0.3 is 11.4 Å². The van der Waals surface area contributed by atoms with E-state index < -0.39 is 11.4 Å². The van der Waals surface area contributed by atoms with E-state index >= 15 is 0 Å². The summed E-state index contributed by atoms with van der Waals surface area (Å²) in [4.78, 5) is 0. The zero-order valence-corrected chi connectivity index (χ0v) is 4.45. The monoisotopic (exact) mass is 126 g/mol. The van der Waals surface area contributed by atoms with Crippen molar-refractivity contribution >= 4 is 11.4 Å². The normalized spacial score (nSPS) is 8.43. The molecule has 0 saturated carbocycles. The Morgan fingerprint density at radius 3 is 1.57 bits per heavy atom. The third kappa shape index (κ3) is 6.07. The second-order valence-corrected chi connectivity index (χ2v) is 1.61. The Labute approximate surface area is 46.5 Å². The molecule has 0 bridgehead atoms. The lowest BCUT2D eigenvalue weighted by Crippen LogP contribution is -1.91. The van der Waals surface area contributed by atoms with Crippen LogP contribution in [0.2, 0.25) is 0 Å². The zero-order valence-electron chi connectivity index (χ0n) is 3.63. The molecular weight excluding hydrogens is 116 g/mol. The first kappa shape index (κ1) is 10.1. The van der Waals surface area contributed by atoms with Gasteiger partial charge in [-0.3, -0.25) is 8.37 Å². The summed E-state index contributed by atoms with van der Waals surface area (Å²) in [5.74, 6) is 0. The molecule has 0 rings (SSSR count). The van der Waals surface area contributed by atoms with Crippen LogP contribution in [0.15, 0.2) is 0 Å². The second-order valence-electron chi connectivity index (χ2n) is 0.537. The van der Waals surface area contributed by atoms with Gasteiger partial charge in [-0.25, -0.2) is 0 Å². The molecule has 0 atom stereocenters. The summed E-state index contributed by atoms with van der Waals surface area (Å²) < 4.78 is 18.1. The molecule has 0 spiro atoms. The molecule has 0 radical (unpaired) electrons. The molecule has 0 aliphatic carbocycles. The molecule has 0 aromatic rings. The zero-order chi connectivity index (χ0) is 4.99. The second kappa shape index (κ2) is 6.07. The molecule has 46 valence electrons. The van der Waals surface area contributed by atoms with Crippen molar-refractivity contribution in [1.82, 2.24) is 0 Å². The molecule has 4 heteroatoms. The van der Waals surface area contributed by atoms with Crippen LogP contribution < -0.4 is 0 Å². The van der Waals surface area contributed by atoms with Crippen LogP contribution >= 0.6 is 0 Å². The fourth-order valence-electron chi connectivity index (χ4n) is 0.0680. The van der Waals surface area contributed by atoms with Gasteiger partial charge in [0.2, 0.25) is 0 Å². The van der Waals surface area contributed by atoms with Gasteiger partial charge in [0.1, 0.15) is 0 Å². The van der Waals surface area contributed by atoms with Crippen molar-refractivity contribution in [3.8, 4) is 0 Å². The highest BCUT2D eigenvalue weighted by Crippen LogP contribution is 1.76. The Hall–Kier alpha value is 0.0700. The third-order valence-electron chi connectivity index (χ3n) is 0.272. The minimum atomic E-state index is -1.53. The van der Waals surface area contributed by atoms with Crippen molar-refractivity contribution in [2.75, 3.05) is 14.2 Å². The summed E-state index contributed by atoms with van der Waals surface area (Å²) in [5, 5.41) is 0. The Kier molecular flexibility index (Phi) is 8.79. The fourth-order valence-corrected chi connectivity index (χ4v) is 0.204. The molecule has 0 fully saturated rings. The standard InChI is InChI=1S/C2H6O3S.CH4/c1-4-6(3)5-2;/h1-2H3;1H4. The molecular formula is C3H10O3S. The van der Waals surface area contributed by atoms with Crippen LogP contribution in [0.1, 0.15) is 7.43 Å². The van der Waals surface area contributed by atoms with Crippen molar-refractivity contribution in [2.45, 2.75) is 7.43 Å². The highest BCUT2D eigenvalue weighted by Gasteiger charge is 1.84. The molecule has 0 heterocycles. The Morgan fingerprint density at radius 2 is 1.57 bits per heavy atom. The van der Waals surface area contributed by atoms with E-state index in [1.807, 2.05) is 0 Å². The molecule has 0 unspecified atom stereocenters. The van der Waals surface area contributed by atoms with Gasteiger partial charge in [-0.1, -0.05) is 7.43 Å². The maximum absolute atomic E-state index is 9.85. The van der Waals surface area contributed by atoms with Crippen LogP contribution in [0.25, 0.3) is 0 Å². The molecule has 0 aliphatic heterocycles. The first-order valence-corrected chi connectivity index (χ1v) is 2.32. The summed E-state index contributed by atoms with van der Waals surface area (Å²) in [6, 6.07) is 0. The summed E-state index contributed by atoms with van der Waals surface area (Å²) >= 11 is -1.53. The first-order chi connectivity index (χ1) is 2.81. The van der Waals surface area contributed by atoms with Crippen LogP contribution in [-0.4, -0.2) is 18.4 Å². The van der Waals surface area contributed by atoms with E-state index in [1.54, 1.807) is 0 Å². The number of hydrogen-bond acceptors (Lipinski definition) is 3. The maximum Gasteiger partial charge on any atom is 0.304 e. The Balaban J connectivity index is 0. The fraction of sp³-hybridized carbons (Fsp3) is 1.00. The summed E-state index contributed by atoms with van der Waals surface area (Å²) in [7, 11) is 2.61. The van der Waals surface area contributed by atoms with Crippen molar-refractivity contribution in [1.29, 1.82) is 0 Å². The van der Waals surface area contributed by atoms with Crippen LogP contribution in [0.3, 0.4) is 0 Å². The number of hydrogen-bond donors (Lipinski definition) is 0. The minimum Gasteiger partial charge on any atom is -0.272 e. The van der Waals surface area contributed by atoms with Gasteiger partial charge in [-0.2, -0.15) is 4.21 Å². The van der Waals surface area contributed by atoms with Gasteiger partial charge in [0.15, 0.2) is 0 Å². The first-order valence-electron chi connectivity index (χ1n) is 1.32. The van der Waals surface area contributed by atoms with Crippen LogP contribution in [0.5, 0.6) is 0 Å². The molecule has 0 N–H and O–H groups in total. The van der Waals surface area contributed by atoms with Gasteiger partial charge < -0.3 is 0 Å². The lowest BCUT2D eigenvalue weighted by atomic mass is 11.8. The van der Waals surface area contributed by atoms with E-state index in [1.165, 1.54) is 14.2 Å². The predicted molar refractivity (Wildman–Crippen MR) is 28.9 cm³/mol. The lowest BCUT2D eigenvalue weighted by Gasteiger charge is -1.86. The summed E-state index contributed by atoms with van der Waals surface area (Å²) in [5.41, 5.74) is 0. The lowest BCUT2D eigenvalue weighted by molar-refractivity contribution is 0.334.